The van der Waals surface area contributed by atoms with Gasteiger partial charge in [0.25, 0.3) is 5.56 Å². The van der Waals surface area contributed by atoms with Crippen molar-refractivity contribution in [3.8, 4) is 17.2 Å². The minimum atomic E-state index is -1.63. The lowest BCUT2D eigenvalue weighted by Crippen LogP contribution is -2.27. The van der Waals surface area contributed by atoms with E-state index >= 15 is 0 Å². The highest BCUT2D eigenvalue weighted by molar-refractivity contribution is 6.83. The maximum atomic E-state index is 12.4. The molecule has 0 aliphatic carbocycles. The highest BCUT2D eigenvalue weighted by Crippen LogP contribution is 2.13. The topological polar surface area (TPSA) is 70.4 Å². The van der Waals surface area contributed by atoms with E-state index in [0.717, 1.165) is 0 Å². The van der Waals surface area contributed by atoms with Gasteiger partial charge in [-0.1, -0.05) is 19.6 Å². The van der Waals surface area contributed by atoms with Crippen molar-refractivity contribution in [2.45, 2.75) is 33.5 Å². The lowest BCUT2D eigenvalue weighted by Gasteiger charge is -2.11. The van der Waals surface area contributed by atoms with E-state index < -0.39 is 19.6 Å². The zero-order valence-electron chi connectivity index (χ0n) is 13.9. The Kier molecular flexibility index (Phi) is 5.94. The number of carbonyl (C=O) groups excluding carboxylic acids is 1. The molecular formula is C15H22N2O4Si. The Labute approximate surface area is 131 Å². The van der Waals surface area contributed by atoms with Crippen LogP contribution in [-0.2, 0) is 11.8 Å². The Bertz CT molecular complexity index is 678. The van der Waals surface area contributed by atoms with Gasteiger partial charge in [-0.25, -0.2) is 9.78 Å². The van der Waals surface area contributed by atoms with Crippen molar-refractivity contribution in [3.63, 3.8) is 0 Å². The Morgan fingerprint density at radius 1 is 1.27 bits per heavy atom. The summed E-state index contributed by atoms with van der Waals surface area (Å²) in [6, 6.07) is 0. The highest BCUT2D eigenvalue weighted by atomic mass is 28.3. The molecule has 0 radical (unpaired) electrons. The van der Waals surface area contributed by atoms with Crippen LogP contribution in [0, 0.1) is 11.5 Å². The second kappa shape index (κ2) is 7.27. The second-order valence-corrected chi connectivity index (χ2v) is 10.4. The molecule has 0 saturated carbocycles. The van der Waals surface area contributed by atoms with Gasteiger partial charge in [0.1, 0.15) is 8.07 Å². The number of carbonyl (C=O) groups is 1. The molecule has 0 aromatic carbocycles. The molecule has 1 rings (SSSR count). The smallest absolute Gasteiger partial charge is 0.361 e. The van der Waals surface area contributed by atoms with Crippen LogP contribution in [-0.4, -0.2) is 36.8 Å². The molecule has 22 heavy (non-hydrogen) atoms. The summed E-state index contributed by atoms with van der Waals surface area (Å²) in [6.07, 6.45) is 0. The summed E-state index contributed by atoms with van der Waals surface area (Å²) in [5.74, 6) is 2.36. The first-order valence-electron chi connectivity index (χ1n) is 7.15. The fourth-order valence-electron chi connectivity index (χ4n) is 1.55. The van der Waals surface area contributed by atoms with Gasteiger partial charge >= 0.3 is 5.97 Å². The highest BCUT2D eigenvalue weighted by Gasteiger charge is 2.22. The van der Waals surface area contributed by atoms with Gasteiger partial charge in [0.05, 0.1) is 13.2 Å². The molecular weight excluding hydrogens is 300 g/mol. The van der Waals surface area contributed by atoms with Gasteiger partial charge in [-0.15, -0.1) is 5.54 Å². The Morgan fingerprint density at radius 2 is 1.91 bits per heavy atom. The maximum Gasteiger partial charge on any atom is 0.361 e. The zero-order chi connectivity index (χ0) is 16.9. The minimum Gasteiger partial charge on any atom is -0.486 e. The van der Waals surface area contributed by atoms with E-state index in [0.29, 0.717) is 0 Å². The predicted molar refractivity (Wildman–Crippen MR) is 86.8 cm³/mol. The lowest BCUT2D eigenvalue weighted by molar-refractivity contribution is 0.0513. The molecule has 0 spiro atoms. The van der Waals surface area contributed by atoms with Gasteiger partial charge in [0.2, 0.25) is 5.75 Å². The first-order valence-corrected chi connectivity index (χ1v) is 10.6. The third-order valence-corrected chi connectivity index (χ3v) is 3.43. The van der Waals surface area contributed by atoms with Crippen molar-refractivity contribution < 1.29 is 14.3 Å². The van der Waals surface area contributed by atoms with E-state index in [2.05, 4.69) is 36.1 Å². The summed E-state index contributed by atoms with van der Waals surface area (Å²) in [7, 11) is -0.0762. The van der Waals surface area contributed by atoms with Gasteiger partial charge in [0.15, 0.2) is 11.5 Å². The average Bonchev–Trinajstić information content (AvgIpc) is 2.42. The van der Waals surface area contributed by atoms with Crippen molar-refractivity contribution in [1.29, 1.82) is 0 Å². The molecule has 1 aromatic heterocycles. The van der Waals surface area contributed by atoms with E-state index in [1.54, 1.807) is 20.9 Å². The number of nitrogens with zero attached hydrogens (tertiary/aromatic N) is 2. The molecule has 1 aromatic rings. The van der Waals surface area contributed by atoms with E-state index in [4.69, 9.17) is 9.47 Å². The average molecular weight is 322 g/mol. The second-order valence-electron chi connectivity index (χ2n) is 5.63. The van der Waals surface area contributed by atoms with Crippen LogP contribution >= 0.6 is 0 Å². The number of hydrogen-bond acceptors (Lipinski definition) is 5. The molecule has 0 atom stereocenters. The van der Waals surface area contributed by atoms with Crippen molar-refractivity contribution in [2.24, 2.45) is 7.05 Å². The molecule has 0 bridgehead atoms. The third-order valence-electron chi connectivity index (χ3n) is 2.56. The number of esters is 1. The van der Waals surface area contributed by atoms with E-state index in [1.165, 1.54) is 4.57 Å². The summed E-state index contributed by atoms with van der Waals surface area (Å²) in [5.41, 5.74) is 2.57. The number of aromatic nitrogens is 2. The van der Waals surface area contributed by atoms with Crippen molar-refractivity contribution >= 4 is 14.0 Å². The van der Waals surface area contributed by atoms with Crippen molar-refractivity contribution in [3.05, 3.63) is 21.9 Å². The predicted octanol–water partition coefficient (Wildman–Crippen LogP) is 1.58. The summed E-state index contributed by atoms with van der Waals surface area (Å²) >= 11 is 0. The monoisotopic (exact) mass is 322 g/mol. The SMILES string of the molecule is CCOC(=O)c1nc(C#C[Si](C)(C)C)n(C)c(=O)c1OCC. The molecule has 6 nitrogen and oxygen atoms in total. The van der Waals surface area contributed by atoms with Crippen LogP contribution in [0.15, 0.2) is 4.79 Å². The van der Waals surface area contributed by atoms with Crippen LogP contribution in [0.25, 0.3) is 0 Å². The molecule has 120 valence electrons. The van der Waals surface area contributed by atoms with Crippen LogP contribution in [0.1, 0.15) is 30.2 Å². The molecule has 0 aliphatic heterocycles. The van der Waals surface area contributed by atoms with Crippen LogP contribution in [0.4, 0.5) is 0 Å². The van der Waals surface area contributed by atoms with Crippen LogP contribution in [0.3, 0.4) is 0 Å². The Morgan fingerprint density at radius 3 is 2.41 bits per heavy atom. The molecule has 0 N–H and O–H groups in total. The Hall–Kier alpha value is -2.07. The van der Waals surface area contributed by atoms with Gasteiger partial charge in [0, 0.05) is 7.05 Å². The molecule has 0 saturated heterocycles. The lowest BCUT2D eigenvalue weighted by atomic mass is 10.3. The number of ether oxygens (including phenoxy) is 2. The third kappa shape index (κ3) is 4.46. The summed E-state index contributed by atoms with van der Waals surface area (Å²) in [5, 5.41) is 0. The van der Waals surface area contributed by atoms with E-state index in [1.807, 2.05) is 0 Å². The quantitative estimate of drug-likeness (QED) is 0.478. The van der Waals surface area contributed by atoms with Crippen LogP contribution < -0.4 is 10.3 Å². The molecule has 0 fully saturated rings. The van der Waals surface area contributed by atoms with Crippen molar-refractivity contribution in [1.82, 2.24) is 9.55 Å². The zero-order valence-corrected chi connectivity index (χ0v) is 14.9. The summed E-state index contributed by atoms with van der Waals surface area (Å²) in [4.78, 5) is 28.6. The normalized spacial score (nSPS) is 10.6. The van der Waals surface area contributed by atoms with E-state index in [9.17, 15) is 9.59 Å². The van der Waals surface area contributed by atoms with Gasteiger partial charge in [-0.3, -0.25) is 9.36 Å². The molecule has 0 aliphatic rings. The maximum absolute atomic E-state index is 12.4. The van der Waals surface area contributed by atoms with Gasteiger partial charge in [-0.2, -0.15) is 0 Å². The van der Waals surface area contributed by atoms with E-state index in [-0.39, 0.29) is 30.5 Å². The number of hydrogen-bond donors (Lipinski definition) is 0. The van der Waals surface area contributed by atoms with Crippen LogP contribution in [0.5, 0.6) is 5.75 Å². The molecule has 0 amide bonds. The van der Waals surface area contributed by atoms with Gasteiger partial charge in [-0.05, 0) is 19.8 Å². The molecule has 7 heteroatoms. The minimum absolute atomic E-state index is 0.0954. The summed E-state index contributed by atoms with van der Waals surface area (Å²) < 4.78 is 11.5. The first-order chi connectivity index (χ1) is 10.2. The van der Waals surface area contributed by atoms with Crippen molar-refractivity contribution in [2.75, 3.05) is 13.2 Å². The van der Waals surface area contributed by atoms with Crippen LogP contribution in [0.2, 0.25) is 19.6 Å². The largest absolute Gasteiger partial charge is 0.486 e. The molecule has 1 heterocycles. The standard InChI is InChI=1S/C15H22N2O4Si/c1-7-20-13-12(15(19)21-8-2)16-11(17(3)14(13)18)9-10-22(4,5)6/h7-8H2,1-6H3. The first kappa shape index (κ1) is 18.0. The number of rotatable bonds is 4. The fraction of sp³-hybridized carbons (Fsp3) is 0.533. The van der Waals surface area contributed by atoms with Gasteiger partial charge < -0.3 is 9.47 Å². The Balaban J connectivity index is 3.52. The molecule has 0 unspecified atom stereocenters. The summed E-state index contributed by atoms with van der Waals surface area (Å²) in [6.45, 7) is 10.1. The fourth-order valence-corrected chi connectivity index (χ4v) is 2.04.